The molecule has 0 fully saturated rings. The summed E-state index contributed by atoms with van der Waals surface area (Å²) in [5.74, 6) is -1.38. The van der Waals surface area contributed by atoms with Gasteiger partial charge in [-0.1, -0.05) is 6.92 Å². The fourth-order valence-electron chi connectivity index (χ4n) is 0.678. The molecule has 3 N–H and O–H groups in total. The highest BCUT2D eigenvalue weighted by Gasteiger charge is 2.10. The zero-order chi connectivity index (χ0) is 8.85. The van der Waals surface area contributed by atoms with Crippen molar-refractivity contribution in [2.75, 3.05) is 0 Å². The molecule has 0 aliphatic carbocycles. The van der Waals surface area contributed by atoms with E-state index in [0.717, 1.165) is 0 Å². The van der Waals surface area contributed by atoms with E-state index < -0.39 is 12.4 Å². The molecule has 64 valence electrons. The van der Waals surface area contributed by atoms with Crippen molar-refractivity contribution >= 4 is 11.8 Å². The number of carbonyl (C=O) groups excluding carboxylic acids is 1. The highest BCUT2D eigenvalue weighted by molar-refractivity contribution is 5.94. The molecular weight excluding hydrogens is 146 g/mol. The van der Waals surface area contributed by atoms with Gasteiger partial charge in [-0.25, -0.2) is 0 Å². The lowest BCUT2D eigenvalue weighted by Gasteiger charge is -2.04. The van der Waals surface area contributed by atoms with Crippen LogP contribution in [0.1, 0.15) is 26.2 Å². The second-order valence-corrected chi connectivity index (χ2v) is 2.48. The molecule has 0 saturated carbocycles. The molecule has 0 aromatic heterocycles. The molecule has 0 spiro atoms. The lowest BCUT2D eigenvalue weighted by atomic mass is 10.1. The molecule has 4 nitrogen and oxygen atoms in total. The van der Waals surface area contributed by atoms with Crippen LogP contribution < -0.4 is 5.73 Å². The molecule has 0 aliphatic rings. The SMILES string of the molecule is CCC(N)CC(=O)CC(=O)O. The van der Waals surface area contributed by atoms with Crippen LogP contribution >= 0.6 is 0 Å². The normalized spacial score (nSPS) is 12.5. The monoisotopic (exact) mass is 159 g/mol. The zero-order valence-electron chi connectivity index (χ0n) is 6.54. The molecule has 0 rings (SSSR count). The Kier molecular flexibility index (Phi) is 4.45. The van der Waals surface area contributed by atoms with E-state index in [1.807, 2.05) is 6.92 Å². The van der Waals surface area contributed by atoms with E-state index in [4.69, 9.17) is 10.8 Å². The van der Waals surface area contributed by atoms with Gasteiger partial charge in [0.1, 0.15) is 12.2 Å². The predicted octanol–water partition coefficient (Wildman–Crippen LogP) is 0.158. The standard InChI is InChI=1S/C7H13NO3/c1-2-5(8)3-6(9)4-7(10)11/h5H,2-4,8H2,1H3,(H,10,11). The number of carboxylic acids is 1. The maximum absolute atomic E-state index is 10.8. The molecular formula is C7H13NO3. The van der Waals surface area contributed by atoms with Crippen LogP contribution in [0.15, 0.2) is 0 Å². The Morgan fingerprint density at radius 3 is 2.45 bits per heavy atom. The van der Waals surface area contributed by atoms with E-state index in [2.05, 4.69) is 0 Å². The number of ketones is 1. The molecule has 1 unspecified atom stereocenters. The third kappa shape index (κ3) is 5.54. The highest BCUT2D eigenvalue weighted by atomic mass is 16.4. The summed E-state index contributed by atoms with van der Waals surface area (Å²) in [6.07, 6.45) is 0.460. The van der Waals surface area contributed by atoms with Crippen LogP contribution in [0.25, 0.3) is 0 Å². The minimum absolute atomic E-state index is 0.169. The summed E-state index contributed by atoms with van der Waals surface area (Å²) in [6.45, 7) is 1.86. The van der Waals surface area contributed by atoms with Gasteiger partial charge in [-0.05, 0) is 6.42 Å². The molecule has 0 heterocycles. The first-order chi connectivity index (χ1) is 5.06. The van der Waals surface area contributed by atoms with Crippen molar-refractivity contribution in [2.24, 2.45) is 5.73 Å². The number of nitrogens with two attached hydrogens (primary N) is 1. The second-order valence-electron chi connectivity index (χ2n) is 2.48. The van der Waals surface area contributed by atoms with Gasteiger partial charge in [0, 0.05) is 12.5 Å². The third-order valence-corrected chi connectivity index (χ3v) is 1.36. The lowest BCUT2D eigenvalue weighted by molar-refractivity contribution is -0.140. The minimum atomic E-state index is -1.08. The molecule has 1 atom stereocenters. The van der Waals surface area contributed by atoms with Gasteiger partial charge < -0.3 is 10.8 Å². The summed E-state index contributed by atoms with van der Waals surface area (Å²) in [4.78, 5) is 20.8. The Morgan fingerprint density at radius 1 is 1.55 bits per heavy atom. The maximum atomic E-state index is 10.8. The van der Waals surface area contributed by atoms with E-state index >= 15 is 0 Å². The Balaban J connectivity index is 3.60. The average molecular weight is 159 g/mol. The van der Waals surface area contributed by atoms with Gasteiger partial charge in [0.25, 0.3) is 0 Å². The Labute approximate surface area is 65.4 Å². The van der Waals surface area contributed by atoms with Crippen LogP contribution in [0.2, 0.25) is 0 Å². The van der Waals surface area contributed by atoms with Crippen LogP contribution in [-0.2, 0) is 9.59 Å². The van der Waals surface area contributed by atoms with E-state index in [1.54, 1.807) is 0 Å². The van der Waals surface area contributed by atoms with Crippen molar-refractivity contribution in [3.8, 4) is 0 Å². The van der Waals surface area contributed by atoms with Crippen molar-refractivity contribution in [1.82, 2.24) is 0 Å². The molecule has 0 saturated heterocycles. The van der Waals surface area contributed by atoms with E-state index in [1.165, 1.54) is 0 Å². The number of hydrogen-bond donors (Lipinski definition) is 2. The fraction of sp³-hybridized carbons (Fsp3) is 0.714. The second kappa shape index (κ2) is 4.85. The molecule has 4 heteroatoms. The van der Waals surface area contributed by atoms with E-state index in [9.17, 15) is 9.59 Å². The summed E-state index contributed by atoms with van der Waals surface area (Å²) in [7, 11) is 0. The number of carboxylic acid groups (broad SMARTS) is 1. The summed E-state index contributed by atoms with van der Waals surface area (Å²) in [5, 5.41) is 8.21. The maximum Gasteiger partial charge on any atom is 0.310 e. The number of carbonyl (C=O) groups is 2. The van der Waals surface area contributed by atoms with Crippen LogP contribution in [0.4, 0.5) is 0 Å². The van der Waals surface area contributed by atoms with Crippen molar-refractivity contribution in [2.45, 2.75) is 32.2 Å². The van der Waals surface area contributed by atoms with Gasteiger partial charge >= 0.3 is 5.97 Å². The summed E-state index contributed by atoms with van der Waals surface area (Å²) < 4.78 is 0. The van der Waals surface area contributed by atoms with E-state index in [-0.39, 0.29) is 18.2 Å². The fourth-order valence-corrected chi connectivity index (χ4v) is 0.678. The molecule has 0 aromatic carbocycles. The molecule has 0 amide bonds. The van der Waals surface area contributed by atoms with Crippen LogP contribution in [-0.4, -0.2) is 22.9 Å². The van der Waals surface area contributed by atoms with Crippen molar-refractivity contribution in [3.63, 3.8) is 0 Å². The molecule has 0 aromatic rings. The van der Waals surface area contributed by atoms with E-state index in [0.29, 0.717) is 6.42 Å². The zero-order valence-corrected chi connectivity index (χ0v) is 6.54. The van der Waals surface area contributed by atoms with Crippen LogP contribution in [0.3, 0.4) is 0 Å². The van der Waals surface area contributed by atoms with Crippen LogP contribution in [0, 0.1) is 0 Å². The Hall–Kier alpha value is -0.900. The first-order valence-electron chi connectivity index (χ1n) is 3.55. The topological polar surface area (TPSA) is 80.4 Å². The Morgan fingerprint density at radius 2 is 2.09 bits per heavy atom. The summed E-state index contributed by atoms with van der Waals surface area (Å²) >= 11 is 0. The largest absolute Gasteiger partial charge is 0.481 e. The highest BCUT2D eigenvalue weighted by Crippen LogP contribution is 1.97. The van der Waals surface area contributed by atoms with Gasteiger partial charge in [0.05, 0.1) is 0 Å². The minimum Gasteiger partial charge on any atom is -0.481 e. The van der Waals surface area contributed by atoms with Gasteiger partial charge in [0.2, 0.25) is 0 Å². The van der Waals surface area contributed by atoms with Gasteiger partial charge in [-0.2, -0.15) is 0 Å². The van der Waals surface area contributed by atoms with Gasteiger partial charge in [-0.15, -0.1) is 0 Å². The van der Waals surface area contributed by atoms with Crippen LogP contribution in [0.5, 0.6) is 0 Å². The quantitative estimate of drug-likeness (QED) is 0.560. The summed E-state index contributed by atoms with van der Waals surface area (Å²) in [6, 6.07) is -0.193. The number of Topliss-reactive ketones (excluding diaryl/α,β-unsaturated/α-hetero) is 1. The first-order valence-corrected chi connectivity index (χ1v) is 3.55. The van der Waals surface area contributed by atoms with Crippen molar-refractivity contribution in [3.05, 3.63) is 0 Å². The number of hydrogen-bond acceptors (Lipinski definition) is 3. The lowest BCUT2D eigenvalue weighted by Crippen LogP contribution is -2.23. The number of aliphatic carboxylic acids is 1. The first kappa shape index (κ1) is 10.1. The smallest absolute Gasteiger partial charge is 0.310 e. The molecule has 11 heavy (non-hydrogen) atoms. The van der Waals surface area contributed by atoms with Gasteiger partial charge in [-0.3, -0.25) is 9.59 Å². The van der Waals surface area contributed by atoms with Crippen molar-refractivity contribution in [1.29, 1.82) is 0 Å². The molecule has 0 bridgehead atoms. The average Bonchev–Trinajstić information content (AvgIpc) is 1.85. The van der Waals surface area contributed by atoms with Crippen molar-refractivity contribution < 1.29 is 14.7 Å². The third-order valence-electron chi connectivity index (χ3n) is 1.36. The number of rotatable bonds is 5. The summed E-state index contributed by atoms with van der Waals surface area (Å²) in [5.41, 5.74) is 5.44. The predicted molar refractivity (Wildman–Crippen MR) is 40.1 cm³/mol. The van der Waals surface area contributed by atoms with Gasteiger partial charge in [0.15, 0.2) is 0 Å². The molecule has 0 radical (unpaired) electrons. The Bertz CT molecular complexity index is 156. The molecule has 0 aliphatic heterocycles.